The van der Waals surface area contributed by atoms with Crippen molar-refractivity contribution in [2.24, 2.45) is 11.8 Å². The van der Waals surface area contributed by atoms with Crippen molar-refractivity contribution in [1.29, 1.82) is 0 Å². The number of rotatable bonds is 13. The lowest BCUT2D eigenvalue weighted by molar-refractivity contribution is -0.116. The van der Waals surface area contributed by atoms with Crippen LogP contribution in [0.3, 0.4) is 0 Å². The van der Waals surface area contributed by atoms with Crippen LogP contribution < -0.4 is 5.32 Å². The fraction of sp³-hybridized carbons (Fsp3) is 0.438. The maximum Gasteiger partial charge on any atom is 0.253 e. The van der Waals surface area contributed by atoms with E-state index in [-0.39, 0.29) is 30.9 Å². The second kappa shape index (κ2) is 14.7. The molecule has 7 nitrogen and oxygen atoms in total. The Hall–Kier alpha value is -3.42. The topological polar surface area (TPSA) is 94.8 Å². The van der Waals surface area contributed by atoms with Gasteiger partial charge < -0.3 is 25.0 Å². The summed E-state index contributed by atoms with van der Waals surface area (Å²) in [4.78, 5) is 27.0. The number of aliphatic hydroxyl groups is 2. The lowest BCUT2D eigenvalue weighted by Crippen LogP contribution is -2.38. The van der Waals surface area contributed by atoms with Gasteiger partial charge in [0.2, 0.25) is 5.91 Å². The number of nitrogens with one attached hydrogen (secondary N) is 1. The molecule has 0 bridgehead atoms. The van der Waals surface area contributed by atoms with Gasteiger partial charge in [-0.25, -0.2) is 0 Å². The molecule has 0 saturated carbocycles. The Balaban J connectivity index is 1.16. The van der Waals surface area contributed by atoms with Crippen molar-refractivity contribution in [3.8, 4) is 0 Å². The number of hydrogen-bond acceptors (Lipinski definition) is 4. The highest BCUT2D eigenvalue weighted by atomic mass is 16.3. The van der Waals surface area contributed by atoms with Gasteiger partial charge in [-0.3, -0.25) is 9.59 Å². The Morgan fingerprint density at radius 2 is 1.69 bits per heavy atom. The number of carbonyl (C=O) groups is 2. The number of unbranched alkanes of at least 4 members (excludes halogenated alkanes) is 1. The predicted molar refractivity (Wildman–Crippen MR) is 155 cm³/mol. The van der Waals surface area contributed by atoms with Crippen molar-refractivity contribution in [2.75, 3.05) is 32.8 Å². The first-order chi connectivity index (χ1) is 19.1. The monoisotopic (exact) mass is 531 g/mol. The molecule has 2 heterocycles. The van der Waals surface area contributed by atoms with E-state index in [1.807, 2.05) is 71.8 Å². The molecular formula is C32H41N3O4. The van der Waals surface area contributed by atoms with Gasteiger partial charge in [-0.2, -0.15) is 0 Å². The number of aromatic nitrogens is 1. The molecule has 0 aliphatic carbocycles. The zero-order valence-corrected chi connectivity index (χ0v) is 22.7. The third-order valence-electron chi connectivity index (χ3n) is 7.79. The van der Waals surface area contributed by atoms with Crippen LogP contribution in [0.2, 0.25) is 0 Å². The Morgan fingerprint density at radius 3 is 2.44 bits per heavy atom. The molecule has 1 aromatic heterocycles. The minimum Gasteiger partial charge on any atom is -0.396 e. The number of fused-ring (bicyclic) bond motifs is 1. The maximum atomic E-state index is 12.6. The maximum absolute atomic E-state index is 12.6. The molecule has 39 heavy (non-hydrogen) atoms. The number of carbonyl (C=O) groups excluding carboxylic acids is 2. The van der Waals surface area contributed by atoms with Gasteiger partial charge >= 0.3 is 0 Å². The number of para-hydroxylation sites is 1. The minimum absolute atomic E-state index is 0.0301. The lowest BCUT2D eigenvalue weighted by Gasteiger charge is -2.32. The van der Waals surface area contributed by atoms with Gasteiger partial charge in [-0.05, 0) is 55.9 Å². The van der Waals surface area contributed by atoms with Crippen molar-refractivity contribution in [3.63, 3.8) is 0 Å². The second-order valence-corrected chi connectivity index (χ2v) is 10.5. The molecule has 0 unspecified atom stereocenters. The first-order valence-corrected chi connectivity index (χ1v) is 14.2. The zero-order chi connectivity index (χ0) is 27.5. The number of likely N-dealkylation sites (tertiary alicyclic amines) is 1. The van der Waals surface area contributed by atoms with Crippen LogP contribution in [0.5, 0.6) is 0 Å². The van der Waals surface area contributed by atoms with E-state index in [0.29, 0.717) is 25.4 Å². The average molecular weight is 532 g/mol. The third-order valence-corrected chi connectivity index (χ3v) is 7.79. The molecule has 1 aliphatic rings. The van der Waals surface area contributed by atoms with E-state index in [9.17, 15) is 19.8 Å². The van der Waals surface area contributed by atoms with Gasteiger partial charge in [0.1, 0.15) is 0 Å². The van der Waals surface area contributed by atoms with Gasteiger partial charge in [-0.1, -0.05) is 49.2 Å². The fourth-order valence-corrected chi connectivity index (χ4v) is 5.34. The van der Waals surface area contributed by atoms with Crippen LogP contribution in [0.15, 0.2) is 66.9 Å². The van der Waals surface area contributed by atoms with Crippen LogP contribution >= 0.6 is 0 Å². The third kappa shape index (κ3) is 8.04. The van der Waals surface area contributed by atoms with Crippen molar-refractivity contribution >= 4 is 28.8 Å². The highest BCUT2D eigenvalue weighted by Crippen LogP contribution is 2.25. The molecule has 7 heteroatoms. The van der Waals surface area contributed by atoms with Crippen molar-refractivity contribution in [1.82, 2.24) is 14.8 Å². The number of amides is 2. The Labute approximate surface area is 231 Å². The Morgan fingerprint density at radius 1 is 0.974 bits per heavy atom. The average Bonchev–Trinajstić information content (AvgIpc) is 3.34. The molecule has 1 aliphatic heterocycles. The molecule has 2 amide bonds. The van der Waals surface area contributed by atoms with Gasteiger partial charge in [0.15, 0.2) is 0 Å². The predicted octanol–water partition coefficient (Wildman–Crippen LogP) is 4.48. The summed E-state index contributed by atoms with van der Waals surface area (Å²) >= 11 is 0. The van der Waals surface area contributed by atoms with Crippen LogP contribution in [-0.2, 0) is 11.3 Å². The van der Waals surface area contributed by atoms with E-state index >= 15 is 0 Å². The molecule has 208 valence electrons. The minimum atomic E-state index is -0.132. The first kappa shape index (κ1) is 28.6. The fourth-order valence-electron chi connectivity index (χ4n) is 5.34. The zero-order valence-electron chi connectivity index (χ0n) is 22.7. The highest BCUT2D eigenvalue weighted by Gasteiger charge is 2.23. The number of nitrogens with zero attached hydrogens (tertiary/aromatic N) is 2. The van der Waals surface area contributed by atoms with Crippen LogP contribution in [0.25, 0.3) is 17.0 Å². The molecule has 3 N–H and O–H groups in total. The summed E-state index contributed by atoms with van der Waals surface area (Å²) in [7, 11) is 0. The van der Waals surface area contributed by atoms with Crippen molar-refractivity contribution < 1.29 is 19.8 Å². The summed E-state index contributed by atoms with van der Waals surface area (Å²) in [5.74, 6) is 0.543. The number of piperidine rings is 1. The van der Waals surface area contributed by atoms with Crippen LogP contribution in [0.1, 0.15) is 54.4 Å². The number of aliphatic hydroxyl groups excluding tert-OH is 2. The number of benzene rings is 2. The highest BCUT2D eigenvalue weighted by molar-refractivity contribution is 5.96. The van der Waals surface area contributed by atoms with E-state index in [0.717, 1.165) is 67.2 Å². The van der Waals surface area contributed by atoms with Gasteiger partial charge in [-0.15, -0.1) is 0 Å². The first-order valence-electron chi connectivity index (χ1n) is 14.2. The number of hydrogen-bond donors (Lipinski definition) is 3. The SMILES string of the molecule is O=C(/C=C/c1cn(CCC(CO)CO)c2ccccc12)NCCCCC1CCN(C(=O)c2ccccc2)CC1. The second-order valence-electron chi connectivity index (χ2n) is 10.5. The van der Waals surface area contributed by atoms with E-state index in [1.54, 1.807) is 6.08 Å². The molecule has 0 atom stereocenters. The summed E-state index contributed by atoms with van der Waals surface area (Å²) in [6, 6.07) is 17.6. The Kier molecular flexibility index (Phi) is 10.7. The van der Waals surface area contributed by atoms with Gasteiger partial charge in [0.25, 0.3) is 5.91 Å². The van der Waals surface area contributed by atoms with Crippen LogP contribution in [-0.4, -0.2) is 64.3 Å². The molecule has 0 spiro atoms. The summed E-state index contributed by atoms with van der Waals surface area (Å²) in [6.45, 7) is 2.92. The quantitative estimate of drug-likeness (QED) is 0.224. The lowest BCUT2D eigenvalue weighted by atomic mass is 9.91. The van der Waals surface area contributed by atoms with Gasteiger partial charge in [0.05, 0.1) is 0 Å². The standard InChI is InChI=1S/C32H41N3O4/c36-23-26(24-37)17-21-35-22-28(29-11-4-5-12-30(29)35)13-14-31(38)33-18-7-6-8-25-15-19-34(20-16-25)32(39)27-9-2-1-3-10-27/h1-5,9-14,22,25-26,36-37H,6-8,15-21,23-24H2,(H,33,38)/b14-13+. The largest absolute Gasteiger partial charge is 0.396 e. The van der Waals surface area contributed by atoms with E-state index in [2.05, 4.69) is 9.88 Å². The molecular weight excluding hydrogens is 490 g/mol. The summed E-state index contributed by atoms with van der Waals surface area (Å²) in [5.41, 5.74) is 2.81. The molecule has 4 rings (SSSR count). The van der Waals surface area contributed by atoms with Crippen molar-refractivity contribution in [2.45, 2.75) is 45.1 Å². The van der Waals surface area contributed by atoms with Crippen LogP contribution in [0, 0.1) is 11.8 Å². The van der Waals surface area contributed by atoms with Crippen molar-refractivity contribution in [3.05, 3.63) is 78.0 Å². The van der Waals surface area contributed by atoms with Gasteiger partial charge in [0, 0.05) is 79.6 Å². The van der Waals surface area contributed by atoms with E-state index in [1.165, 1.54) is 0 Å². The Bertz CT molecular complexity index is 1220. The van der Waals surface area contributed by atoms with E-state index < -0.39 is 0 Å². The number of aryl methyl sites for hydroxylation is 1. The molecule has 1 saturated heterocycles. The summed E-state index contributed by atoms with van der Waals surface area (Å²) < 4.78 is 2.12. The normalized spacial score (nSPS) is 14.5. The smallest absolute Gasteiger partial charge is 0.253 e. The summed E-state index contributed by atoms with van der Waals surface area (Å²) in [6.07, 6.45) is 11.4. The molecule has 2 aromatic carbocycles. The van der Waals surface area contributed by atoms with E-state index in [4.69, 9.17) is 0 Å². The molecule has 0 radical (unpaired) electrons. The van der Waals surface area contributed by atoms with Crippen LogP contribution in [0.4, 0.5) is 0 Å². The molecule has 3 aromatic rings. The summed E-state index contributed by atoms with van der Waals surface area (Å²) in [5, 5.41) is 22.8. The molecule has 1 fully saturated rings.